The van der Waals surface area contributed by atoms with E-state index in [1.165, 1.54) is 0 Å². The highest BCUT2D eigenvalue weighted by Gasteiger charge is 2.16. The molecule has 0 atom stereocenters. The number of anilines is 1. The van der Waals surface area contributed by atoms with E-state index in [0.717, 1.165) is 5.56 Å². The molecule has 0 radical (unpaired) electrons. The van der Waals surface area contributed by atoms with Crippen LogP contribution < -0.4 is 16.0 Å². The minimum atomic E-state index is -0.637. The number of alkyl carbamates (subject to hydrolysis) is 1. The van der Waals surface area contributed by atoms with E-state index in [2.05, 4.69) is 16.0 Å². The highest BCUT2D eigenvalue weighted by molar-refractivity contribution is 5.90. The number of benzene rings is 1. The maximum absolute atomic E-state index is 11.8. The Morgan fingerprint density at radius 1 is 1.08 bits per heavy atom. The molecule has 7 nitrogen and oxygen atoms in total. The molecule has 0 saturated heterocycles. The number of hydrogen-bond acceptors (Lipinski definition) is 4. The van der Waals surface area contributed by atoms with Gasteiger partial charge in [0.15, 0.2) is 0 Å². The fraction of sp³-hybridized carbons (Fsp3) is 0.526. The summed E-state index contributed by atoms with van der Waals surface area (Å²) in [6.45, 7) is 9.34. The quantitative estimate of drug-likeness (QED) is 0.694. The van der Waals surface area contributed by atoms with Crippen LogP contribution in [-0.4, -0.2) is 30.1 Å². The molecule has 0 bridgehead atoms. The van der Waals surface area contributed by atoms with Crippen LogP contribution in [0, 0.1) is 5.92 Å². The first-order valence-corrected chi connectivity index (χ1v) is 8.67. The summed E-state index contributed by atoms with van der Waals surface area (Å²) >= 11 is 0. The Morgan fingerprint density at radius 3 is 2.38 bits per heavy atom. The zero-order valence-electron chi connectivity index (χ0n) is 16.1. The lowest BCUT2D eigenvalue weighted by Crippen LogP contribution is -2.39. The van der Waals surface area contributed by atoms with Gasteiger partial charge in [0.05, 0.1) is 0 Å². The fourth-order valence-corrected chi connectivity index (χ4v) is 2.07. The van der Waals surface area contributed by atoms with Crippen molar-refractivity contribution in [1.82, 2.24) is 10.6 Å². The topological polar surface area (TPSA) is 96.5 Å². The maximum Gasteiger partial charge on any atom is 0.408 e. The third-order valence-electron chi connectivity index (χ3n) is 3.09. The van der Waals surface area contributed by atoms with Gasteiger partial charge in [0.2, 0.25) is 11.8 Å². The van der Waals surface area contributed by atoms with Crippen LogP contribution in [0.25, 0.3) is 0 Å². The Labute approximate surface area is 154 Å². The van der Waals surface area contributed by atoms with Crippen LogP contribution in [0.15, 0.2) is 24.3 Å². The van der Waals surface area contributed by atoms with Crippen molar-refractivity contribution in [3.05, 3.63) is 29.8 Å². The third kappa shape index (κ3) is 9.66. The molecule has 0 aliphatic heterocycles. The molecular weight excluding hydrogens is 334 g/mol. The monoisotopic (exact) mass is 363 g/mol. The molecule has 1 aromatic rings. The van der Waals surface area contributed by atoms with Gasteiger partial charge in [0.1, 0.15) is 12.1 Å². The van der Waals surface area contributed by atoms with E-state index in [9.17, 15) is 14.4 Å². The largest absolute Gasteiger partial charge is 0.444 e. The Bertz CT molecular complexity index is 636. The van der Waals surface area contributed by atoms with E-state index in [0.29, 0.717) is 18.7 Å². The van der Waals surface area contributed by atoms with E-state index in [4.69, 9.17) is 4.74 Å². The van der Waals surface area contributed by atoms with Crippen molar-refractivity contribution in [2.75, 3.05) is 11.9 Å². The second-order valence-corrected chi connectivity index (χ2v) is 7.48. The normalized spacial score (nSPS) is 11.0. The number of ether oxygens (including phenoxy) is 1. The number of carbonyl (C=O) groups excluding carboxylic acids is 3. The molecule has 0 aliphatic rings. The zero-order chi connectivity index (χ0) is 19.7. The number of carbonyl (C=O) groups is 3. The zero-order valence-corrected chi connectivity index (χ0v) is 16.1. The van der Waals surface area contributed by atoms with E-state index in [-0.39, 0.29) is 24.3 Å². The molecular formula is C19H29N3O4. The summed E-state index contributed by atoms with van der Waals surface area (Å²) in [5.74, 6) is -0.0807. The van der Waals surface area contributed by atoms with Gasteiger partial charge in [-0.05, 0) is 44.4 Å². The smallest absolute Gasteiger partial charge is 0.408 e. The fourth-order valence-electron chi connectivity index (χ4n) is 2.07. The minimum absolute atomic E-state index is 0.0391. The highest BCUT2D eigenvalue weighted by Crippen LogP contribution is 2.12. The molecule has 0 unspecified atom stereocenters. The Kier molecular flexibility index (Phi) is 8.09. The van der Waals surface area contributed by atoms with Gasteiger partial charge in [-0.2, -0.15) is 0 Å². The van der Waals surface area contributed by atoms with Crippen LogP contribution in [0.2, 0.25) is 0 Å². The highest BCUT2D eigenvalue weighted by atomic mass is 16.6. The Morgan fingerprint density at radius 2 is 1.77 bits per heavy atom. The summed E-state index contributed by atoms with van der Waals surface area (Å²) in [5.41, 5.74) is 0.924. The molecule has 3 N–H and O–H groups in total. The molecule has 0 aromatic heterocycles. The number of amides is 3. The van der Waals surface area contributed by atoms with Gasteiger partial charge >= 0.3 is 6.09 Å². The van der Waals surface area contributed by atoms with E-state index in [1.54, 1.807) is 32.9 Å². The van der Waals surface area contributed by atoms with Crippen molar-refractivity contribution >= 4 is 23.6 Å². The molecule has 0 fully saturated rings. The summed E-state index contributed by atoms with van der Waals surface area (Å²) in [5, 5.41) is 7.95. The van der Waals surface area contributed by atoms with E-state index >= 15 is 0 Å². The first-order valence-electron chi connectivity index (χ1n) is 8.67. The summed E-state index contributed by atoms with van der Waals surface area (Å²) in [6.07, 6.45) is -0.181. The summed E-state index contributed by atoms with van der Waals surface area (Å²) in [7, 11) is 0. The summed E-state index contributed by atoms with van der Waals surface area (Å²) < 4.78 is 5.06. The SMILES string of the molecule is CC(C)CC(=O)Nc1cccc(CNC(=O)CNC(=O)OC(C)(C)C)c1. The first kappa shape index (κ1) is 21.5. The Hall–Kier alpha value is -2.57. The summed E-state index contributed by atoms with van der Waals surface area (Å²) in [4.78, 5) is 35.1. The molecule has 1 aromatic carbocycles. The predicted molar refractivity (Wildman–Crippen MR) is 101 cm³/mol. The maximum atomic E-state index is 11.8. The number of hydrogen-bond donors (Lipinski definition) is 3. The van der Waals surface area contributed by atoms with Crippen molar-refractivity contribution in [2.45, 2.75) is 53.2 Å². The molecule has 0 heterocycles. The van der Waals surface area contributed by atoms with E-state index < -0.39 is 11.7 Å². The lowest BCUT2D eigenvalue weighted by molar-refractivity contribution is -0.120. The van der Waals surface area contributed by atoms with Gasteiger partial charge in [0, 0.05) is 18.7 Å². The van der Waals surface area contributed by atoms with E-state index in [1.807, 2.05) is 26.0 Å². The second kappa shape index (κ2) is 9.79. The van der Waals surface area contributed by atoms with Gasteiger partial charge in [-0.3, -0.25) is 9.59 Å². The molecule has 0 aliphatic carbocycles. The van der Waals surface area contributed by atoms with Gasteiger partial charge in [-0.15, -0.1) is 0 Å². The van der Waals surface area contributed by atoms with Crippen LogP contribution in [0.1, 0.15) is 46.6 Å². The molecule has 7 heteroatoms. The van der Waals surface area contributed by atoms with Gasteiger partial charge in [-0.1, -0.05) is 26.0 Å². The van der Waals surface area contributed by atoms with Crippen LogP contribution in [-0.2, 0) is 20.9 Å². The number of rotatable bonds is 7. The molecule has 1 rings (SSSR count). The van der Waals surface area contributed by atoms with Crippen molar-refractivity contribution in [2.24, 2.45) is 5.92 Å². The molecule has 26 heavy (non-hydrogen) atoms. The lowest BCUT2D eigenvalue weighted by Gasteiger charge is -2.19. The van der Waals surface area contributed by atoms with Crippen LogP contribution >= 0.6 is 0 Å². The number of nitrogens with one attached hydrogen (secondary N) is 3. The average Bonchev–Trinajstić information content (AvgIpc) is 2.48. The molecule has 0 spiro atoms. The average molecular weight is 363 g/mol. The van der Waals surface area contributed by atoms with Gasteiger partial charge in [0.25, 0.3) is 0 Å². The van der Waals surface area contributed by atoms with Gasteiger partial charge in [-0.25, -0.2) is 4.79 Å². The van der Waals surface area contributed by atoms with Crippen molar-refractivity contribution in [3.8, 4) is 0 Å². The lowest BCUT2D eigenvalue weighted by atomic mass is 10.1. The molecule has 0 saturated carbocycles. The third-order valence-corrected chi connectivity index (χ3v) is 3.09. The minimum Gasteiger partial charge on any atom is -0.444 e. The first-order chi connectivity index (χ1) is 12.0. The standard InChI is InChI=1S/C19H29N3O4/c1-13(2)9-16(23)22-15-8-6-7-14(10-15)11-20-17(24)12-21-18(25)26-19(3,4)5/h6-8,10,13H,9,11-12H2,1-5H3,(H,20,24)(H,21,25)(H,22,23). The Balaban J connectivity index is 2.42. The summed E-state index contributed by atoms with van der Waals surface area (Å²) in [6, 6.07) is 7.26. The van der Waals surface area contributed by atoms with Gasteiger partial charge < -0.3 is 20.7 Å². The van der Waals surface area contributed by atoms with Crippen molar-refractivity contribution in [1.29, 1.82) is 0 Å². The molecule has 3 amide bonds. The van der Waals surface area contributed by atoms with Crippen LogP contribution in [0.4, 0.5) is 10.5 Å². The second-order valence-electron chi connectivity index (χ2n) is 7.48. The predicted octanol–water partition coefficient (Wildman–Crippen LogP) is 2.81. The van der Waals surface area contributed by atoms with Crippen molar-refractivity contribution in [3.63, 3.8) is 0 Å². The van der Waals surface area contributed by atoms with Crippen molar-refractivity contribution < 1.29 is 19.1 Å². The van der Waals surface area contributed by atoms with Crippen LogP contribution in [0.3, 0.4) is 0 Å². The molecule has 144 valence electrons. The van der Waals surface area contributed by atoms with Crippen LogP contribution in [0.5, 0.6) is 0 Å².